The SMILES string of the molecule is CC(=O)O.OCCc1cc([C@@H](O)CNCCCCCCOCCOCc2cccc(I)c2)ccc1O. The van der Waals surface area contributed by atoms with Crippen molar-refractivity contribution in [1.82, 2.24) is 5.32 Å². The van der Waals surface area contributed by atoms with Crippen molar-refractivity contribution in [3.63, 3.8) is 0 Å². The highest BCUT2D eigenvalue weighted by molar-refractivity contribution is 14.1. The van der Waals surface area contributed by atoms with Gasteiger partial charge in [-0.05, 0) is 89.4 Å². The molecular weight excluding hydrogens is 577 g/mol. The number of nitrogens with one attached hydrogen (secondary N) is 1. The number of aliphatic hydroxyl groups is 2. The van der Waals surface area contributed by atoms with Crippen molar-refractivity contribution in [2.45, 2.75) is 51.7 Å². The van der Waals surface area contributed by atoms with E-state index in [1.54, 1.807) is 18.2 Å². The third-order valence-electron chi connectivity index (χ3n) is 5.13. The van der Waals surface area contributed by atoms with Crippen molar-refractivity contribution in [3.05, 3.63) is 62.7 Å². The number of carboxylic acids is 1. The number of benzene rings is 2. The van der Waals surface area contributed by atoms with Crippen molar-refractivity contribution in [1.29, 1.82) is 0 Å². The number of carboxylic acid groups (broad SMARTS) is 1. The monoisotopic (exact) mass is 617 g/mol. The van der Waals surface area contributed by atoms with E-state index in [1.165, 1.54) is 9.13 Å². The normalized spacial score (nSPS) is 11.6. The van der Waals surface area contributed by atoms with Crippen molar-refractivity contribution in [3.8, 4) is 5.75 Å². The van der Waals surface area contributed by atoms with E-state index in [2.05, 4.69) is 46.1 Å². The van der Waals surface area contributed by atoms with Crippen LogP contribution in [0, 0.1) is 3.57 Å². The number of ether oxygens (including phenoxy) is 2. The quantitative estimate of drug-likeness (QED) is 0.133. The van der Waals surface area contributed by atoms with E-state index in [-0.39, 0.29) is 12.4 Å². The summed E-state index contributed by atoms with van der Waals surface area (Å²) >= 11 is 2.30. The second-order valence-corrected chi connectivity index (χ2v) is 9.56. The number of halogens is 1. The molecular formula is C27H40INO7. The summed E-state index contributed by atoms with van der Waals surface area (Å²) in [6.07, 6.45) is 4.08. The highest BCUT2D eigenvalue weighted by Crippen LogP contribution is 2.22. The summed E-state index contributed by atoms with van der Waals surface area (Å²) in [6.45, 7) is 4.99. The molecule has 0 fully saturated rings. The maximum Gasteiger partial charge on any atom is 0.300 e. The Hall–Kier alpha value is -1.76. The summed E-state index contributed by atoms with van der Waals surface area (Å²) in [5.41, 5.74) is 2.59. The Bertz CT molecular complexity index is 862. The van der Waals surface area contributed by atoms with Crippen LogP contribution in [0.4, 0.5) is 0 Å². The fourth-order valence-corrected chi connectivity index (χ4v) is 3.94. The molecule has 2 aromatic carbocycles. The molecule has 0 radical (unpaired) electrons. The van der Waals surface area contributed by atoms with Crippen LogP contribution < -0.4 is 5.32 Å². The molecule has 9 heteroatoms. The summed E-state index contributed by atoms with van der Waals surface area (Å²) in [5.74, 6) is -0.679. The Kier molecular flexibility index (Phi) is 18.2. The molecule has 0 unspecified atom stereocenters. The van der Waals surface area contributed by atoms with E-state index in [1.807, 2.05) is 6.07 Å². The van der Waals surface area contributed by atoms with Gasteiger partial charge in [-0.15, -0.1) is 0 Å². The van der Waals surface area contributed by atoms with Crippen LogP contribution in [0.25, 0.3) is 0 Å². The highest BCUT2D eigenvalue weighted by atomic mass is 127. The summed E-state index contributed by atoms with van der Waals surface area (Å²) in [7, 11) is 0. The van der Waals surface area contributed by atoms with Gasteiger partial charge in [0.05, 0.1) is 25.9 Å². The minimum Gasteiger partial charge on any atom is -0.508 e. The van der Waals surface area contributed by atoms with Crippen LogP contribution in [0.5, 0.6) is 5.75 Å². The minimum atomic E-state index is -0.833. The fourth-order valence-electron chi connectivity index (χ4n) is 3.33. The van der Waals surface area contributed by atoms with E-state index < -0.39 is 12.1 Å². The molecule has 0 saturated carbocycles. The average molecular weight is 618 g/mol. The first kappa shape index (κ1) is 32.3. The number of unbranched alkanes of at least 4 members (excludes halogenated alkanes) is 3. The van der Waals surface area contributed by atoms with E-state index in [0.717, 1.165) is 51.3 Å². The lowest BCUT2D eigenvalue weighted by atomic mass is 10.0. The number of rotatable bonds is 17. The van der Waals surface area contributed by atoms with Gasteiger partial charge in [0, 0.05) is 30.3 Å². The third kappa shape index (κ3) is 16.1. The first-order valence-electron chi connectivity index (χ1n) is 12.2. The van der Waals surface area contributed by atoms with Crippen molar-refractivity contribution in [2.75, 3.05) is 39.5 Å². The van der Waals surface area contributed by atoms with Crippen LogP contribution in [0.1, 0.15) is 55.4 Å². The van der Waals surface area contributed by atoms with Crippen LogP contribution in [-0.4, -0.2) is 65.9 Å². The Labute approximate surface area is 227 Å². The second-order valence-electron chi connectivity index (χ2n) is 8.31. The number of aliphatic carboxylic acids is 1. The number of hydrogen-bond donors (Lipinski definition) is 5. The number of phenolic OH excluding ortho intramolecular Hbond substituents is 1. The van der Waals surface area contributed by atoms with Crippen molar-refractivity contribution >= 4 is 28.6 Å². The molecule has 0 aliphatic rings. The Balaban J connectivity index is 0.00000150. The number of aromatic hydroxyl groups is 1. The molecule has 2 aromatic rings. The molecule has 5 N–H and O–H groups in total. The van der Waals surface area contributed by atoms with Crippen molar-refractivity contribution in [2.24, 2.45) is 0 Å². The van der Waals surface area contributed by atoms with Gasteiger partial charge < -0.3 is 35.2 Å². The summed E-state index contributed by atoms with van der Waals surface area (Å²) in [4.78, 5) is 9.00. The zero-order valence-electron chi connectivity index (χ0n) is 21.0. The lowest BCUT2D eigenvalue weighted by Crippen LogP contribution is -2.22. The standard InChI is InChI=1S/C25H36INO5.C2H4O2/c26-23-7-5-6-20(16-23)19-32-15-14-31-13-4-2-1-3-11-27-18-25(30)21-8-9-24(29)22(17-21)10-12-28;1-2(3)4/h5-9,16-17,25,27-30H,1-4,10-15,18-19H2;1H3,(H,3,4)/t25-;/m0./s1. The Morgan fingerprint density at radius 1 is 1.03 bits per heavy atom. The van der Waals surface area contributed by atoms with Gasteiger partial charge in [0.1, 0.15) is 5.75 Å². The minimum absolute atomic E-state index is 0.0298. The maximum atomic E-state index is 10.3. The van der Waals surface area contributed by atoms with Gasteiger partial charge in [-0.25, -0.2) is 0 Å². The molecule has 2 rings (SSSR count). The number of hydrogen-bond acceptors (Lipinski definition) is 7. The van der Waals surface area contributed by atoms with Gasteiger partial charge in [-0.3, -0.25) is 4.79 Å². The smallest absolute Gasteiger partial charge is 0.300 e. The molecule has 36 heavy (non-hydrogen) atoms. The van der Waals surface area contributed by atoms with E-state index in [9.17, 15) is 10.2 Å². The van der Waals surface area contributed by atoms with Gasteiger partial charge in [0.25, 0.3) is 5.97 Å². The summed E-state index contributed by atoms with van der Waals surface area (Å²) in [5, 5.41) is 39.8. The zero-order chi connectivity index (χ0) is 26.6. The fraction of sp³-hybridized carbons (Fsp3) is 0.519. The molecule has 0 aliphatic carbocycles. The average Bonchev–Trinajstić information content (AvgIpc) is 2.83. The third-order valence-corrected chi connectivity index (χ3v) is 5.80. The Morgan fingerprint density at radius 3 is 2.47 bits per heavy atom. The molecule has 0 heterocycles. The van der Waals surface area contributed by atoms with Crippen molar-refractivity contribution < 1.29 is 34.7 Å². The van der Waals surface area contributed by atoms with Crippen LogP contribution in [-0.2, 0) is 27.3 Å². The predicted molar refractivity (Wildman–Crippen MR) is 148 cm³/mol. The Morgan fingerprint density at radius 2 is 1.75 bits per heavy atom. The predicted octanol–water partition coefficient (Wildman–Crippen LogP) is 4.04. The molecule has 0 amide bonds. The molecule has 202 valence electrons. The number of phenols is 1. The molecule has 0 spiro atoms. The second kappa shape index (κ2) is 20.3. The first-order chi connectivity index (χ1) is 17.3. The van der Waals surface area contributed by atoms with Crippen LogP contribution >= 0.6 is 22.6 Å². The van der Waals surface area contributed by atoms with Crippen LogP contribution in [0.3, 0.4) is 0 Å². The lowest BCUT2D eigenvalue weighted by Gasteiger charge is -2.14. The van der Waals surface area contributed by atoms with Gasteiger partial charge in [0.2, 0.25) is 0 Å². The van der Waals surface area contributed by atoms with Gasteiger partial charge in [-0.2, -0.15) is 0 Å². The van der Waals surface area contributed by atoms with Gasteiger partial charge in [0.15, 0.2) is 0 Å². The molecule has 8 nitrogen and oxygen atoms in total. The largest absolute Gasteiger partial charge is 0.508 e. The van der Waals surface area contributed by atoms with Crippen LogP contribution in [0.15, 0.2) is 42.5 Å². The van der Waals surface area contributed by atoms with Crippen LogP contribution in [0.2, 0.25) is 0 Å². The summed E-state index contributed by atoms with van der Waals surface area (Å²) in [6, 6.07) is 13.4. The molecule has 0 aromatic heterocycles. The van der Waals surface area contributed by atoms with E-state index >= 15 is 0 Å². The van der Waals surface area contributed by atoms with E-state index in [0.29, 0.717) is 38.3 Å². The topological polar surface area (TPSA) is 128 Å². The first-order valence-corrected chi connectivity index (χ1v) is 13.3. The molecule has 1 atom stereocenters. The molecule has 0 aliphatic heterocycles. The number of aliphatic hydroxyl groups excluding tert-OH is 2. The highest BCUT2D eigenvalue weighted by Gasteiger charge is 2.10. The number of carbonyl (C=O) groups is 1. The molecule has 0 saturated heterocycles. The van der Waals surface area contributed by atoms with E-state index in [4.69, 9.17) is 24.5 Å². The van der Waals surface area contributed by atoms with Gasteiger partial charge >= 0.3 is 0 Å². The zero-order valence-corrected chi connectivity index (χ0v) is 23.2. The lowest BCUT2D eigenvalue weighted by molar-refractivity contribution is -0.134. The summed E-state index contributed by atoms with van der Waals surface area (Å²) < 4.78 is 12.5. The maximum absolute atomic E-state index is 10.3. The molecule has 0 bridgehead atoms. The van der Waals surface area contributed by atoms with Gasteiger partial charge in [-0.1, -0.05) is 31.0 Å².